The van der Waals surface area contributed by atoms with Crippen LogP contribution >= 0.6 is 11.8 Å². The average molecular weight is 457 g/mol. The van der Waals surface area contributed by atoms with Crippen molar-refractivity contribution in [2.75, 3.05) is 25.5 Å². The van der Waals surface area contributed by atoms with E-state index in [1.165, 1.54) is 11.8 Å². The molecule has 15 heteroatoms. The molecule has 0 aromatic heterocycles. The Bertz CT molecular complexity index is 566. The van der Waals surface area contributed by atoms with Crippen molar-refractivity contribution in [2.24, 2.45) is 5.92 Å². The van der Waals surface area contributed by atoms with Crippen LogP contribution in [0.15, 0.2) is 0 Å². The molecule has 30 heavy (non-hydrogen) atoms. The van der Waals surface area contributed by atoms with Gasteiger partial charge in [-0.05, 0) is 24.6 Å². The summed E-state index contributed by atoms with van der Waals surface area (Å²) in [7, 11) is 0. The largest absolute Gasteiger partial charge is 0.464 e. The van der Waals surface area contributed by atoms with Crippen molar-refractivity contribution >= 4 is 28.9 Å². The summed E-state index contributed by atoms with van der Waals surface area (Å²) in [5.41, 5.74) is 0. The monoisotopic (exact) mass is 457 g/mol. The maximum atomic E-state index is 12.7. The number of hydrogen-bond donors (Lipinski definition) is 4. The Hall–Kier alpha value is -1.56. The lowest BCUT2D eigenvalue weighted by molar-refractivity contribution is -0.518. The quantitative estimate of drug-likeness (QED) is 0.140. The number of nitrogens with zero attached hydrogens (tertiary/aromatic N) is 3. The summed E-state index contributed by atoms with van der Waals surface area (Å²) in [6.07, 6.45) is 0.0734. The fourth-order valence-electron chi connectivity index (χ4n) is 2.62. The minimum atomic E-state index is -1.24. The van der Waals surface area contributed by atoms with Crippen molar-refractivity contribution in [3.05, 3.63) is 0 Å². The van der Waals surface area contributed by atoms with Gasteiger partial charge in [-0.15, -0.1) is 0 Å². The van der Waals surface area contributed by atoms with Crippen molar-refractivity contribution in [1.82, 2.24) is 15.7 Å². The van der Waals surface area contributed by atoms with Crippen LogP contribution in [0.2, 0.25) is 0 Å². The summed E-state index contributed by atoms with van der Waals surface area (Å²) in [5.74, 6) is -1.38. The van der Waals surface area contributed by atoms with Crippen LogP contribution in [0.1, 0.15) is 33.1 Å². The van der Waals surface area contributed by atoms with Gasteiger partial charge < -0.3 is 14.4 Å². The standard InChI is InChI=1S/C15H27N3O11S/c1-10(9-30-15(21)28-11(2)29-18(24)25)13(19)16-6-3-5-12(16)14(20)26-7-4-8-27-17(22)23/h10-12,22-25H,3-9H2,1-2H3/t10-,11?,12+/m1/s1. The highest BCUT2D eigenvalue weighted by Crippen LogP contribution is 2.23. The zero-order valence-electron chi connectivity index (χ0n) is 16.6. The summed E-state index contributed by atoms with van der Waals surface area (Å²) in [6, 6.07) is -0.724. The van der Waals surface area contributed by atoms with Crippen molar-refractivity contribution < 1.29 is 54.4 Å². The lowest BCUT2D eigenvalue weighted by Gasteiger charge is -2.26. The first-order chi connectivity index (χ1) is 14.1. The Kier molecular flexibility index (Phi) is 12.1. The van der Waals surface area contributed by atoms with Gasteiger partial charge in [-0.3, -0.25) is 30.5 Å². The number of amides is 1. The van der Waals surface area contributed by atoms with Gasteiger partial charge in [0.1, 0.15) is 6.04 Å². The van der Waals surface area contributed by atoms with E-state index in [0.29, 0.717) is 31.1 Å². The van der Waals surface area contributed by atoms with E-state index >= 15 is 0 Å². The van der Waals surface area contributed by atoms with Gasteiger partial charge in [0.25, 0.3) is 0 Å². The number of rotatable bonds is 12. The lowest BCUT2D eigenvalue weighted by atomic mass is 10.1. The minimum Gasteiger partial charge on any atom is -0.464 e. The smallest absolute Gasteiger partial charge is 0.369 e. The fourth-order valence-corrected chi connectivity index (χ4v) is 3.35. The highest BCUT2D eigenvalue weighted by Gasteiger charge is 2.37. The van der Waals surface area contributed by atoms with Crippen LogP contribution in [0.5, 0.6) is 0 Å². The number of thioether (sulfide) groups is 1. The molecule has 1 fully saturated rings. The fraction of sp³-hybridized carbons (Fsp3) is 0.800. The van der Waals surface area contributed by atoms with Gasteiger partial charge in [-0.25, -0.2) is 14.4 Å². The van der Waals surface area contributed by atoms with E-state index in [0.717, 1.165) is 0 Å². The van der Waals surface area contributed by atoms with Crippen LogP contribution in [0.25, 0.3) is 0 Å². The van der Waals surface area contributed by atoms with Crippen LogP contribution in [-0.4, -0.2) is 91.5 Å². The predicted molar refractivity (Wildman–Crippen MR) is 95.7 cm³/mol. The van der Waals surface area contributed by atoms with E-state index < -0.39 is 40.3 Å². The summed E-state index contributed by atoms with van der Waals surface area (Å²) in [4.78, 5) is 46.7. The summed E-state index contributed by atoms with van der Waals surface area (Å²) >= 11 is 0.713. The Labute approximate surface area is 176 Å². The molecule has 0 aromatic carbocycles. The molecule has 1 aliphatic rings. The average Bonchev–Trinajstić information content (AvgIpc) is 3.13. The molecular formula is C15H27N3O11S. The van der Waals surface area contributed by atoms with Gasteiger partial charge in [0.05, 0.1) is 24.0 Å². The third-order valence-corrected chi connectivity index (χ3v) is 4.92. The molecule has 1 unspecified atom stereocenters. The Morgan fingerprint density at radius 1 is 1.13 bits per heavy atom. The second-order valence-corrected chi connectivity index (χ2v) is 7.26. The van der Waals surface area contributed by atoms with Crippen LogP contribution < -0.4 is 0 Å². The van der Waals surface area contributed by atoms with E-state index in [9.17, 15) is 14.4 Å². The van der Waals surface area contributed by atoms with Crippen LogP contribution in [0, 0.1) is 5.92 Å². The van der Waals surface area contributed by atoms with Gasteiger partial charge in [0, 0.05) is 31.6 Å². The molecule has 0 aromatic rings. The minimum absolute atomic E-state index is 0.0121. The molecule has 1 aliphatic heterocycles. The molecule has 14 nitrogen and oxygen atoms in total. The Balaban J connectivity index is 2.41. The normalized spacial score (nSPS) is 18.5. The Morgan fingerprint density at radius 2 is 1.83 bits per heavy atom. The first-order valence-electron chi connectivity index (χ1n) is 9.07. The third kappa shape index (κ3) is 9.96. The molecule has 3 atom stereocenters. The molecule has 1 amide bonds. The van der Waals surface area contributed by atoms with Gasteiger partial charge >= 0.3 is 11.3 Å². The maximum Gasteiger partial charge on any atom is 0.369 e. The number of hydrogen-bond acceptors (Lipinski definition) is 14. The first-order valence-corrected chi connectivity index (χ1v) is 10.1. The highest BCUT2D eigenvalue weighted by molar-refractivity contribution is 8.13. The molecule has 0 aliphatic carbocycles. The molecule has 0 saturated carbocycles. The third-order valence-electron chi connectivity index (χ3n) is 3.93. The van der Waals surface area contributed by atoms with Gasteiger partial charge in [-0.1, -0.05) is 6.92 Å². The molecule has 0 bridgehead atoms. The van der Waals surface area contributed by atoms with E-state index in [-0.39, 0.29) is 31.3 Å². The molecule has 0 radical (unpaired) electrons. The first kappa shape index (κ1) is 26.5. The van der Waals surface area contributed by atoms with Crippen LogP contribution in [0.4, 0.5) is 4.79 Å². The van der Waals surface area contributed by atoms with Crippen molar-refractivity contribution in [3.63, 3.8) is 0 Å². The van der Waals surface area contributed by atoms with Crippen molar-refractivity contribution in [3.8, 4) is 0 Å². The zero-order valence-corrected chi connectivity index (χ0v) is 17.4. The second-order valence-electron chi connectivity index (χ2n) is 6.30. The van der Waals surface area contributed by atoms with E-state index in [1.807, 2.05) is 0 Å². The van der Waals surface area contributed by atoms with E-state index in [1.54, 1.807) is 6.92 Å². The summed E-state index contributed by atoms with van der Waals surface area (Å²) < 4.78 is 9.86. The second kappa shape index (κ2) is 13.7. The molecule has 1 rings (SSSR count). The van der Waals surface area contributed by atoms with Crippen LogP contribution in [0.3, 0.4) is 0 Å². The SMILES string of the molecule is CC(OC(=O)SC[C@@H](C)C(=O)N1CCC[C@H]1C(=O)OCCCON(O)O)ON(O)O. The van der Waals surface area contributed by atoms with Gasteiger partial charge in [0.15, 0.2) is 0 Å². The number of esters is 1. The topological polar surface area (TPSA) is 179 Å². The number of carbonyl (C=O) groups is 3. The summed E-state index contributed by atoms with van der Waals surface area (Å²) in [6.45, 7) is 3.18. The van der Waals surface area contributed by atoms with E-state index in [2.05, 4.69) is 9.68 Å². The Morgan fingerprint density at radius 3 is 2.47 bits per heavy atom. The maximum absolute atomic E-state index is 12.7. The number of ether oxygens (including phenoxy) is 2. The van der Waals surface area contributed by atoms with E-state index in [4.69, 9.17) is 30.3 Å². The van der Waals surface area contributed by atoms with Gasteiger partial charge in [0.2, 0.25) is 12.2 Å². The molecule has 4 N–H and O–H groups in total. The zero-order chi connectivity index (χ0) is 22.7. The molecule has 0 spiro atoms. The molecular weight excluding hydrogens is 430 g/mol. The number of likely N-dealkylation sites (tertiary alicyclic amines) is 1. The summed E-state index contributed by atoms with van der Waals surface area (Å²) in [5, 5.41) is 31.9. The molecule has 174 valence electrons. The highest BCUT2D eigenvalue weighted by atomic mass is 32.2. The lowest BCUT2D eigenvalue weighted by Crippen LogP contribution is -2.44. The number of carbonyl (C=O) groups excluding carboxylic acids is 3. The predicted octanol–water partition coefficient (Wildman–Crippen LogP) is 0.787. The van der Waals surface area contributed by atoms with Gasteiger partial charge in [-0.2, -0.15) is 0 Å². The van der Waals surface area contributed by atoms with Crippen LogP contribution in [-0.2, 0) is 28.7 Å². The molecule has 1 heterocycles. The van der Waals surface area contributed by atoms with Crippen molar-refractivity contribution in [1.29, 1.82) is 0 Å². The van der Waals surface area contributed by atoms with Crippen molar-refractivity contribution in [2.45, 2.75) is 45.4 Å². The molecule has 1 saturated heterocycles.